The Morgan fingerprint density at radius 1 is 1.08 bits per heavy atom. The summed E-state index contributed by atoms with van der Waals surface area (Å²) in [6, 6.07) is 0. The predicted octanol–water partition coefficient (Wildman–Crippen LogP) is -0.568. The number of carbonyl (C=O) groups excluding carboxylic acids is 3. The van der Waals surface area contributed by atoms with E-state index in [0.29, 0.717) is 0 Å². The largest absolute Gasteiger partial charge is 3.00 e. The van der Waals surface area contributed by atoms with Crippen molar-refractivity contribution < 1.29 is 41.4 Å². The number of carbonyl (C=O) groups is 1. The van der Waals surface area contributed by atoms with E-state index in [-0.39, 0.29) is 17.1 Å². The van der Waals surface area contributed by atoms with Crippen LogP contribution >= 0.6 is 0 Å². The van der Waals surface area contributed by atoms with Crippen molar-refractivity contribution in [2.45, 2.75) is 0 Å². The molecule has 6 heteroatoms. The molecule has 1 radical (unpaired) electrons. The van der Waals surface area contributed by atoms with Gasteiger partial charge in [-0.25, -0.2) is 4.79 Å². The van der Waals surface area contributed by atoms with Crippen molar-refractivity contribution in [3.05, 3.63) is 12.7 Å². The summed E-state index contributed by atoms with van der Waals surface area (Å²) in [5.74, 6) is -0.981. The molecule has 12 heavy (non-hydrogen) atoms. The van der Waals surface area contributed by atoms with Crippen LogP contribution in [0.25, 0.3) is 0 Å². The third-order valence-corrected chi connectivity index (χ3v) is 0.175. The molecule has 0 aromatic carbocycles. The molecule has 0 rings (SSSR count). The Morgan fingerprint density at radius 3 is 1.17 bits per heavy atom. The molecule has 0 saturated carbocycles. The molecule has 0 aromatic rings. The first-order valence-corrected chi connectivity index (χ1v) is 1.83. The zero-order valence-electron chi connectivity index (χ0n) is 5.95. The van der Waals surface area contributed by atoms with Gasteiger partial charge in [0.2, 0.25) is 0 Å². The summed E-state index contributed by atoms with van der Waals surface area (Å²) in [7, 11) is 0. The van der Waals surface area contributed by atoms with Gasteiger partial charge in [0.05, 0.1) is 0 Å². The van der Waals surface area contributed by atoms with Crippen LogP contribution in [-0.4, -0.2) is 31.4 Å². The molecular formula is C6H7FeO5. The SMILES string of the molecule is C=CC(=O)O.[CH-]=O.[CH-]=O.[CH-]=O.[Fe+3]. The fourth-order valence-electron chi connectivity index (χ4n) is 0. The van der Waals surface area contributed by atoms with Crippen LogP contribution < -0.4 is 0 Å². The second-order valence-electron chi connectivity index (χ2n) is 0.542. The van der Waals surface area contributed by atoms with Gasteiger partial charge in [0.15, 0.2) is 0 Å². The van der Waals surface area contributed by atoms with Crippen LogP contribution in [0, 0.1) is 0 Å². The Labute approximate surface area is 80.9 Å². The topological polar surface area (TPSA) is 88.5 Å². The van der Waals surface area contributed by atoms with Crippen LogP contribution in [0.2, 0.25) is 0 Å². The number of carboxylic acid groups (broad SMARTS) is 1. The third-order valence-electron chi connectivity index (χ3n) is 0.175. The summed E-state index contributed by atoms with van der Waals surface area (Å²) < 4.78 is 0. The molecule has 0 aliphatic carbocycles. The fraction of sp³-hybridized carbons (Fsp3) is 0. The maximum atomic E-state index is 9.25. The Balaban J connectivity index is -0.0000000203. The Hall–Kier alpha value is -1.26. The fourth-order valence-corrected chi connectivity index (χ4v) is 0. The smallest absolute Gasteiger partial charge is 0.545 e. The molecule has 0 bridgehead atoms. The van der Waals surface area contributed by atoms with Crippen molar-refractivity contribution in [2.24, 2.45) is 0 Å². The first-order valence-electron chi connectivity index (χ1n) is 1.83. The number of rotatable bonds is 1. The quantitative estimate of drug-likeness (QED) is 0.274. The minimum absolute atomic E-state index is 0. The first-order chi connectivity index (χ1) is 5.27. The van der Waals surface area contributed by atoms with E-state index < -0.39 is 5.97 Å². The number of aliphatic carboxylic acids is 1. The van der Waals surface area contributed by atoms with E-state index in [0.717, 1.165) is 6.08 Å². The summed E-state index contributed by atoms with van der Waals surface area (Å²) in [6.45, 7) is 12.7. The van der Waals surface area contributed by atoms with Gasteiger partial charge in [-0.05, 0) is 0 Å². The van der Waals surface area contributed by atoms with Crippen LogP contribution in [0.3, 0.4) is 0 Å². The van der Waals surface area contributed by atoms with Crippen LogP contribution in [0.5, 0.6) is 0 Å². The van der Waals surface area contributed by atoms with Gasteiger partial charge in [0.25, 0.3) is 0 Å². The van der Waals surface area contributed by atoms with Gasteiger partial charge in [0.1, 0.15) is 0 Å². The van der Waals surface area contributed by atoms with Gasteiger partial charge in [-0.2, -0.15) is 0 Å². The summed E-state index contributed by atoms with van der Waals surface area (Å²) >= 11 is 0. The summed E-state index contributed by atoms with van der Waals surface area (Å²) in [5.41, 5.74) is 0. The average molecular weight is 215 g/mol. The molecule has 0 fully saturated rings. The van der Waals surface area contributed by atoms with E-state index in [1.165, 1.54) is 0 Å². The van der Waals surface area contributed by atoms with Crippen molar-refractivity contribution in [2.75, 3.05) is 0 Å². The molecule has 0 amide bonds. The first kappa shape index (κ1) is 30.9. The Morgan fingerprint density at radius 2 is 1.17 bits per heavy atom. The molecule has 0 unspecified atom stereocenters. The Kier molecular flexibility index (Phi) is 255. The molecule has 0 aliphatic heterocycles. The van der Waals surface area contributed by atoms with Crippen LogP contribution in [0.1, 0.15) is 0 Å². The van der Waals surface area contributed by atoms with Gasteiger partial charge in [0, 0.05) is 6.08 Å². The minimum Gasteiger partial charge on any atom is -0.545 e. The number of hydrogen-bond donors (Lipinski definition) is 1. The average Bonchev–Trinajstić information content (AvgIpc) is 2.15. The molecule has 1 N–H and O–H groups in total. The van der Waals surface area contributed by atoms with Gasteiger partial charge in [-0.15, -0.1) is 0 Å². The van der Waals surface area contributed by atoms with E-state index in [1.807, 2.05) is 0 Å². The molecule has 69 valence electrons. The standard InChI is InChI=1S/C3H4O2.3CHO.Fe/c1-2-3(4)5;3*1-2;/h2H,1H2,(H,4,5);3*1H;/q;3*-1;+3. The Bertz CT molecular complexity index is 91.2. The summed E-state index contributed by atoms with van der Waals surface area (Å²) in [4.78, 5) is 32.5. The summed E-state index contributed by atoms with van der Waals surface area (Å²) in [6.07, 6.45) is 0.833. The molecular weight excluding hydrogens is 208 g/mol. The van der Waals surface area contributed by atoms with E-state index in [2.05, 4.69) is 26.9 Å². The van der Waals surface area contributed by atoms with Crippen molar-refractivity contribution in [3.63, 3.8) is 0 Å². The maximum Gasteiger partial charge on any atom is 3.00 e. The molecule has 0 aromatic heterocycles. The van der Waals surface area contributed by atoms with Gasteiger partial charge in [-0.3, -0.25) is 20.4 Å². The number of hydrogen-bond acceptors (Lipinski definition) is 4. The van der Waals surface area contributed by atoms with Gasteiger partial charge in [-0.1, -0.05) is 6.58 Å². The van der Waals surface area contributed by atoms with E-state index in [4.69, 9.17) is 19.5 Å². The second kappa shape index (κ2) is 99.1. The second-order valence-corrected chi connectivity index (χ2v) is 0.542. The summed E-state index contributed by atoms with van der Waals surface area (Å²) in [5, 5.41) is 7.60. The zero-order chi connectivity index (χ0) is 10.3. The van der Waals surface area contributed by atoms with Crippen LogP contribution in [-0.2, 0) is 36.2 Å². The predicted molar refractivity (Wildman–Crippen MR) is 38.1 cm³/mol. The van der Waals surface area contributed by atoms with Crippen molar-refractivity contribution >= 4 is 26.3 Å². The van der Waals surface area contributed by atoms with Gasteiger partial charge < -0.3 is 19.5 Å². The molecule has 0 saturated heterocycles. The normalized spacial score (nSPS) is 3.67. The minimum atomic E-state index is -0.981. The number of carboxylic acids is 1. The molecule has 0 aliphatic rings. The van der Waals surface area contributed by atoms with Crippen LogP contribution in [0.4, 0.5) is 0 Å². The van der Waals surface area contributed by atoms with Crippen molar-refractivity contribution in [1.29, 1.82) is 0 Å². The van der Waals surface area contributed by atoms with E-state index in [1.54, 1.807) is 0 Å². The molecule has 0 spiro atoms. The van der Waals surface area contributed by atoms with Crippen molar-refractivity contribution in [3.8, 4) is 0 Å². The molecule has 0 atom stereocenters. The maximum absolute atomic E-state index is 9.25. The monoisotopic (exact) mass is 215 g/mol. The van der Waals surface area contributed by atoms with Crippen LogP contribution in [0.15, 0.2) is 12.7 Å². The van der Waals surface area contributed by atoms with Crippen molar-refractivity contribution in [1.82, 2.24) is 0 Å². The van der Waals surface area contributed by atoms with Gasteiger partial charge >= 0.3 is 23.0 Å². The van der Waals surface area contributed by atoms with E-state index >= 15 is 0 Å². The van der Waals surface area contributed by atoms with E-state index in [9.17, 15) is 4.79 Å². The zero-order valence-corrected chi connectivity index (χ0v) is 7.05. The molecule has 5 nitrogen and oxygen atoms in total. The third kappa shape index (κ3) is 957. The molecule has 0 heterocycles.